The zero-order valence-electron chi connectivity index (χ0n) is 8.92. The Kier molecular flexibility index (Phi) is 2.91. The van der Waals surface area contributed by atoms with E-state index in [-0.39, 0.29) is 5.56 Å². The number of benzene rings is 1. The highest BCUT2D eigenvalue weighted by Gasteiger charge is 2.10. The average Bonchev–Trinajstić information content (AvgIpc) is 2.32. The number of hydrogen-bond acceptors (Lipinski definition) is 4. The van der Waals surface area contributed by atoms with E-state index in [0.717, 1.165) is 0 Å². The number of carboxylic acid groups (broad SMARTS) is 1. The van der Waals surface area contributed by atoms with Crippen LogP contribution in [0.4, 0.5) is 17.1 Å². The van der Waals surface area contributed by atoms with Gasteiger partial charge in [-0.15, -0.1) is 0 Å². The number of carboxylic acids is 1. The molecule has 5 heteroatoms. The van der Waals surface area contributed by atoms with Crippen molar-refractivity contribution in [2.45, 2.75) is 0 Å². The number of hydrogen-bond donors (Lipinski definition) is 3. The summed E-state index contributed by atoms with van der Waals surface area (Å²) in [6.45, 7) is 0. The van der Waals surface area contributed by atoms with E-state index >= 15 is 0 Å². The lowest BCUT2D eigenvalue weighted by Crippen LogP contribution is -2.04. The standard InChI is InChI=1S/C12H11N3O2/c13-9-3-1-2-4-11(9)15-10-5-6-14-7-8(10)12(16)17/h1-7H,13H2,(H,14,15)(H,16,17). The highest BCUT2D eigenvalue weighted by molar-refractivity contribution is 5.95. The lowest BCUT2D eigenvalue weighted by Gasteiger charge is -2.10. The second kappa shape index (κ2) is 4.52. The SMILES string of the molecule is Nc1ccccc1Nc1ccncc1C(=O)O. The molecule has 1 aromatic carbocycles. The molecule has 4 N–H and O–H groups in total. The van der Waals surface area contributed by atoms with Crippen LogP contribution < -0.4 is 11.1 Å². The maximum atomic E-state index is 11.0. The van der Waals surface area contributed by atoms with Gasteiger partial charge in [-0.25, -0.2) is 4.79 Å². The smallest absolute Gasteiger partial charge is 0.339 e. The number of carbonyl (C=O) groups is 1. The highest BCUT2D eigenvalue weighted by atomic mass is 16.4. The van der Waals surface area contributed by atoms with Gasteiger partial charge in [-0.2, -0.15) is 0 Å². The van der Waals surface area contributed by atoms with Gasteiger partial charge in [0.15, 0.2) is 0 Å². The lowest BCUT2D eigenvalue weighted by atomic mass is 10.2. The monoisotopic (exact) mass is 229 g/mol. The zero-order valence-corrected chi connectivity index (χ0v) is 8.92. The number of nitrogens with two attached hydrogens (primary N) is 1. The molecule has 2 rings (SSSR count). The fraction of sp³-hybridized carbons (Fsp3) is 0. The van der Waals surface area contributed by atoms with Crippen LogP contribution in [0.15, 0.2) is 42.7 Å². The topological polar surface area (TPSA) is 88.2 Å². The normalized spacial score (nSPS) is 9.88. The largest absolute Gasteiger partial charge is 0.478 e. The molecular weight excluding hydrogens is 218 g/mol. The Labute approximate surface area is 97.9 Å². The summed E-state index contributed by atoms with van der Waals surface area (Å²) in [6.07, 6.45) is 2.82. The maximum Gasteiger partial charge on any atom is 0.339 e. The summed E-state index contributed by atoms with van der Waals surface area (Å²) in [5.74, 6) is -1.03. The summed E-state index contributed by atoms with van der Waals surface area (Å²) in [4.78, 5) is 14.8. The van der Waals surface area contributed by atoms with E-state index in [4.69, 9.17) is 10.8 Å². The number of nitrogen functional groups attached to an aromatic ring is 1. The maximum absolute atomic E-state index is 11.0. The highest BCUT2D eigenvalue weighted by Crippen LogP contribution is 2.24. The first-order valence-corrected chi connectivity index (χ1v) is 4.97. The lowest BCUT2D eigenvalue weighted by molar-refractivity contribution is 0.0697. The van der Waals surface area contributed by atoms with Crippen LogP contribution >= 0.6 is 0 Å². The number of aromatic carboxylic acids is 1. The van der Waals surface area contributed by atoms with Gasteiger partial charge in [-0.3, -0.25) is 4.98 Å². The molecule has 0 amide bonds. The molecule has 0 aliphatic carbocycles. The van der Waals surface area contributed by atoms with Gasteiger partial charge < -0.3 is 16.2 Å². The van der Waals surface area contributed by atoms with Crippen molar-refractivity contribution in [3.63, 3.8) is 0 Å². The Bertz CT molecular complexity index is 555. The fourth-order valence-electron chi connectivity index (χ4n) is 1.43. The van der Waals surface area contributed by atoms with E-state index in [0.29, 0.717) is 17.1 Å². The number of aromatic nitrogens is 1. The summed E-state index contributed by atoms with van der Waals surface area (Å²) < 4.78 is 0. The molecular formula is C12H11N3O2. The Morgan fingerprint density at radius 2 is 2.00 bits per heavy atom. The molecule has 0 aliphatic heterocycles. The molecule has 0 radical (unpaired) electrons. The van der Waals surface area contributed by atoms with Crippen LogP contribution in [0.25, 0.3) is 0 Å². The van der Waals surface area contributed by atoms with Crippen molar-refractivity contribution >= 4 is 23.0 Å². The third-order valence-electron chi connectivity index (χ3n) is 2.28. The number of anilines is 3. The van der Waals surface area contributed by atoms with Gasteiger partial charge in [0.1, 0.15) is 5.56 Å². The molecule has 5 nitrogen and oxygen atoms in total. The molecule has 0 atom stereocenters. The first-order valence-electron chi connectivity index (χ1n) is 4.97. The number of pyridine rings is 1. The minimum Gasteiger partial charge on any atom is -0.478 e. The Balaban J connectivity index is 2.37. The number of nitrogens with zero attached hydrogens (tertiary/aromatic N) is 1. The number of nitrogens with one attached hydrogen (secondary N) is 1. The van der Waals surface area contributed by atoms with Crippen molar-refractivity contribution < 1.29 is 9.90 Å². The molecule has 1 aromatic heterocycles. The van der Waals surface area contributed by atoms with Crippen LogP contribution in [0.2, 0.25) is 0 Å². The first-order chi connectivity index (χ1) is 8.18. The third kappa shape index (κ3) is 2.34. The zero-order chi connectivity index (χ0) is 12.3. The Morgan fingerprint density at radius 1 is 1.24 bits per heavy atom. The summed E-state index contributed by atoms with van der Waals surface area (Å²) >= 11 is 0. The van der Waals surface area contributed by atoms with Gasteiger partial charge in [0, 0.05) is 12.4 Å². The van der Waals surface area contributed by atoms with Crippen molar-refractivity contribution in [3.8, 4) is 0 Å². The number of rotatable bonds is 3. The third-order valence-corrected chi connectivity index (χ3v) is 2.28. The first kappa shape index (κ1) is 10.9. The fourth-order valence-corrected chi connectivity index (χ4v) is 1.43. The van der Waals surface area contributed by atoms with Crippen molar-refractivity contribution in [2.24, 2.45) is 0 Å². The molecule has 0 unspecified atom stereocenters. The minimum atomic E-state index is -1.03. The van der Waals surface area contributed by atoms with Gasteiger partial charge in [0.25, 0.3) is 0 Å². The van der Waals surface area contributed by atoms with Crippen LogP contribution in [0.1, 0.15) is 10.4 Å². The summed E-state index contributed by atoms with van der Waals surface area (Å²) in [7, 11) is 0. The van der Waals surface area contributed by atoms with Crippen molar-refractivity contribution in [3.05, 3.63) is 48.3 Å². The van der Waals surface area contributed by atoms with Crippen molar-refractivity contribution in [1.82, 2.24) is 4.98 Å². The summed E-state index contributed by atoms with van der Waals surface area (Å²) in [6, 6.07) is 8.74. The predicted octanol–water partition coefficient (Wildman–Crippen LogP) is 2.11. The van der Waals surface area contributed by atoms with Gasteiger partial charge in [0.2, 0.25) is 0 Å². The summed E-state index contributed by atoms with van der Waals surface area (Å²) in [5, 5.41) is 12.0. The molecule has 2 aromatic rings. The van der Waals surface area contributed by atoms with E-state index in [1.165, 1.54) is 12.4 Å². The van der Waals surface area contributed by atoms with Crippen LogP contribution in [0.5, 0.6) is 0 Å². The molecule has 0 fully saturated rings. The molecule has 17 heavy (non-hydrogen) atoms. The predicted molar refractivity (Wildman–Crippen MR) is 65.3 cm³/mol. The van der Waals surface area contributed by atoms with Gasteiger partial charge in [-0.05, 0) is 18.2 Å². The molecule has 0 spiro atoms. The molecule has 0 saturated heterocycles. The molecule has 86 valence electrons. The second-order valence-electron chi connectivity index (χ2n) is 3.44. The van der Waals surface area contributed by atoms with E-state index in [9.17, 15) is 4.79 Å². The van der Waals surface area contributed by atoms with E-state index in [2.05, 4.69) is 10.3 Å². The van der Waals surface area contributed by atoms with Crippen molar-refractivity contribution in [2.75, 3.05) is 11.1 Å². The van der Waals surface area contributed by atoms with Crippen LogP contribution in [-0.4, -0.2) is 16.1 Å². The van der Waals surface area contributed by atoms with Crippen LogP contribution in [0, 0.1) is 0 Å². The number of para-hydroxylation sites is 2. The molecule has 1 heterocycles. The molecule has 0 saturated carbocycles. The van der Waals surface area contributed by atoms with Crippen LogP contribution in [0.3, 0.4) is 0 Å². The van der Waals surface area contributed by atoms with E-state index in [1.54, 1.807) is 18.2 Å². The van der Waals surface area contributed by atoms with E-state index in [1.807, 2.05) is 12.1 Å². The van der Waals surface area contributed by atoms with Crippen molar-refractivity contribution in [1.29, 1.82) is 0 Å². The Morgan fingerprint density at radius 3 is 2.71 bits per heavy atom. The summed E-state index contributed by atoms with van der Waals surface area (Å²) in [5.41, 5.74) is 7.56. The quantitative estimate of drug-likeness (QED) is 0.701. The average molecular weight is 229 g/mol. The van der Waals surface area contributed by atoms with Gasteiger partial charge in [0.05, 0.1) is 17.1 Å². The van der Waals surface area contributed by atoms with Crippen LogP contribution in [-0.2, 0) is 0 Å². The van der Waals surface area contributed by atoms with E-state index < -0.39 is 5.97 Å². The van der Waals surface area contributed by atoms with Gasteiger partial charge >= 0.3 is 5.97 Å². The second-order valence-corrected chi connectivity index (χ2v) is 3.44. The molecule has 0 bridgehead atoms. The van der Waals surface area contributed by atoms with Gasteiger partial charge in [-0.1, -0.05) is 12.1 Å². The molecule has 0 aliphatic rings. The Hall–Kier alpha value is -2.56. The minimum absolute atomic E-state index is 0.107.